The minimum atomic E-state index is 0.125. The van der Waals surface area contributed by atoms with E-state index in [1.54, 1.807) is 0 Å². The number of nitrogens with zero attached hydrogens (tertiary/aromatic N) is 2. The fourth-order valence-corrected chi connectivity index (χ4v) is 1.50. The number of aromatic nitrogens is 2. The number of nitrogen functional groups attached to an aromatic ring is 1. The van der Waals surface area contributed by atoms with Gasteiger partial charge in [0.05, 0.1) is 11.9 Å². The van der Waals surface area contributed by atoms with Crippen LogP contribution in [0.4, 0.5) is 11.5 Å². The molecule has 1 aromatic rings. The summed E-state index contributed by atoms with van der Waals surface area (Å²) >= 11 is 5.64. The summed E-state index contributed by atoms with van der Waals surface area (Å²) in [6.07, 6.45) is 3.46. The third-order valence-corrected chi connectivity index (χ3v) is 2.63. The van der Waals surface area contributed by atoms with Crippen LogP contribution in [0.15, 0.2) is 6.20 Å². The maximum atomic E-state index is 11.3. The Morgan fingerprint density at radius 2 is 2.29 bits per heavy atom. The number of hydrogen-bond acceptors (Lipinski definition) is 5. The Morgan fingerprint density at radius 3 is 3.00 bits per heavy atom. The molecule has 0 saturated heterocycles. The van der Waals surface area contributed by atoms with E-state index >= 15 is 0 Å². The summed E-state index contributed by atoms with van der Waals surface area (Å²) in [4.78, 5) is 19.0. The number of nitrogens with one attached hydrogen (secondary N) is 2. The van der Waals surface area contributed by atoms with Crippen molar-refractivity contribution in [3.8, 4) is 0 Å². The first-order valence-corrected chi connectivity index (χ1v) is 5.84. The molecule has 6 nitrogen and oxygen atoms in total. The Bertz CT molecular complexity index is 421. The van der Waals surface area contributed by atoms with Crippen molar-refractivity contribution >= 4 is 29.0 Å². The zero-order valence-electron chi connectivity index (χ0n) is 9.24. The minimum absolute atomic E-state index is 0.125. The molecule has 0 bridgehead atoms. The van der Waals surface area contributed by atoms with Gasteiger partial charge in [-0.1, -0.05) is 0 Å². The molecule has 1 amide bonds. The van der Waals surface area contributed by atoms with E-state index < -0.39 is 0 Å². The molecule has 1 heterocycles. The normalized spacial score (nSPS) is 14.4. The predicted molar refractivity (Wildman–Crippen MR) is 65.7 cm³/mol. The number of anilines is 2. The second kappa shape index (κ2) is 5.18. The molecular formula is C10H14ClN5O. The van der Waals surface area contributed by atoms with Crippen molar-refractivity contribution in [3.63, 3.8) is 0 Å². The van der Waals surface area contributed by atoms with Gasteiger partial charge in [-0.05, 0) is 24.4 Å². The van der Waals surface area contributed by atoms with Crippen LogP contribution >= 0.6 is 11.6 Å². The van der Waals surface area contributed by atoms with Crippen LogP contribution in [0.25, 0.3) is 0 Å². The maximum absolute atomic E-state index is 11.3. The van der Waals surface area contributed by atoms with Crippen molar-refractivity contribution in [3.05, 3.63) is 11.5 Å². The topological polar surface area (TPSA) is 92.9 Å². The monoisotopic (exact) mass is 255 g/mol. The molecule has 0 spiro atoms. The van der Waals surface area contributed by atoms with E-state index in [1.807, 2.05) is 0 Å². The second-order valence-electron chi connectivity index (χ2n) is 3.94. The first-order valence-electron chi connectivity index (χ1n) is 5.46. The molecule has 0 unspecified atom stereocenters. The minimum Gasteiger partial charge on any atom is -0.394 e. The number of halogens is 1. The van der Waals surface area contributed by atoms with E-state index in [9.17, 15) is 4.79 Å². The van der Waals surface area contributed by atoms with Gasteiger partial charge in [0.25, 0.3) is 0 Å². The van der Waals surface area contributed by atoms with Gasteiger partial charge in [0.15, 0.2) is 5.82 Å². The third-order valence-electron chi connectivity index (χ3n) is 2.45. The van der Waals surface area contributed by atoms with Crippen LogP contribution in [0.5, 0.6) is 0 Å². The van der Waals surface area contributed by atoms with Crippen molar-refractivity contribution in [2.75, 3.05) is 24.1 Å². The molecule has 0 aromatic carbocycles. The van der Waals surface area contributed by atoms with Crippen LogP contribution in [0.2, 0.25) is 5.28 Å². The van der Waals surface area contributed by atoms with Gasteiger partial charge < -0.3 is 16.4 Å². The maximum Gasteiger partial charge on any atom is 0.224 e. The van der Waals surface area contributed by atoms with E-state index in [-0.39, 0.29) is 17.1 Å². The van der Waals surface area contributed by atoms with Crippen molar-refractivity contribution in [1.82, 2.24) is 15.3 Å². The summed E-state index contributed by atoms with van der Waals surface area (Å²) in [6.45, 7) is 1.09. The van der Waals surface area contributed by atoms with Gasteiger partial charge in [-0.3, -0.25) is 4.79 Å². The average molecular weight is 256 g/mol. The Morgan fingerprint density at radius 1 is 1.53 bits per heavy atom. The highest BCUT2D eigenvalue weighted by molar-refractivity contribution is 6.28. The number of carbonyl (C=O) groups excluding carboxylic acids is 1. The van der Waals surface area contributed by atoms with E-state index in [0.717, 1.165) is 12.8 Å². The van der Waals surface area contributed by atoms with E-state index in [0.29, 0.717) is 24.6 Å². The van der Waals surface area contributed by atoms with Gasteiger partial charge in [0, 0.05) is 19.0 Å². The van der Waals surface area contributed by atoms with E-state index in [1.165, 1.54) is 6.20 Å². The SMILES string of the molecule is Nc1cnc(Cl)nc1NCCNC(=O)C1CC1. The average Bonchev–Trinajstić information content (AvgIpc) is 3.12. The van der Waals surface area contributed by atoms with Crippen LogP contribution in [-0.4, -0.2) is 29.0 Å². The highest BCUT2D eigenvalue weighted by atomic mass is 35.5. The highest BCUT2D eigenvalue weighted by Gasteiger charge is 2.28. The lowest BCUT2D eigenvalue weighted by Crippen LogP contribution is -2.30. The highest BCUT2D eigenvalue weighted by Crippen LogP contribution is 2.28. The Labute approximate surface area is 104 Å². The van der Waals surface area contributed by atoms with Gasteiger partial charge in [-0.25, -0.2) is 4.98 Å². The van der Waals surface area contributed by atoms with Crippen molar-refractivity contribution in [1.29, 1.82) is 0 Å². The molecule has 7 heteroatoms. The summed E-state index contributed by atoms with van der Waals surface area (Å²) in [5, 5.41) is 5.97. The van der Waals surface area contributed by atoms with Gasteiger partial charge in [0.2, 0.25) is 11.2 Å². The number of amides is 1. The number of rotatable bonds is 5. The largest absolute Gasteiger partial charge is 0.394 e. The second-order valence-corrected chi connectivity index (χ2v) is 4.27. The first-order chi connectivity index (χ1) is 8.16. The summed E-state index contributed by atoms with van der Waals surface area (Å²) in [5.74, 6) is 0.847. The lowest BCUT2D eigenvalue weighted by molar-refractivity contribution is -0.122. The summed E-state index contributed by atoms with van der Waals surface area (Å²) in [7, 11) is 0. The van der Waals surface area contributed by atoms with Gasteiger partial charge in [0.1, 0.15) is 0 Å². The summed E-state index contributed by atoms with van der Waals surface area (Å²) in [5.41, 5.74) is 6.09. The molecule has 1 aliphatic carbocycles. The van der Waals surface area contributed by atoms with Crippen LogP contribution in [0, 0.1) is 5.92 Å². The molecule has 0 atom stereocenters. The number of nitrogens with two attached hydrogens (primary N) is 1. The molecule has 1 aliphatic rings. The third kappa shape index (κ3) is 3.45. The fraction of sp³-hybridized carbons (Fsp3) is 0.500. The fourth-order valence-electron chi connectivity index (χ4n) is 1.37. The predicted octanol–water partition coefficient (Wildman–Crippen LogP) is 0.650. The number of carbonyl (C=O) groups is 1. The lowest BCUT2D eigenvalue weighted by atomic mass is 10.4. The quantitative estimate of drug-likeness (QED) is 0.531. The molecule has 17 heavy (non-hydrogen) atoms. The van der Waals surface area contributed by atoms with Crippen LogP contribution < -0.4 is 16.4 Å². The molecule has 1 saturated carbocycles. The van der Waals surface area contributed by atoms with E-state index in [4.69, 9.17) is 17.3 Å². The Kier molecular flexibility index (Phi) is 3.63. The molecule has 1 aromatic heterocycles. The van der Waals surface area contributed by atoms with Crippen LogP contribution in [-0.2, 0) is 4.79 Å². The molecule has 4 N–H and O–H groups in total. The summed E-state index contributed by atoms with van der Waals surface area (Å²) in [6, 6.07) is 0. The molecule has 2 rings (SSSR count). The Hall–Kier alpha value is -1.56. The molecule has 0 aliphatic heterocycles. The van der Waals surface area contributed by atoms with Crippen molar-refractivity contribution < 1.29 is 4.79 Å². The standard InChI is InChI=1S/C10H14ClN5O/c11-10-15-5-7(12)8(16-10)13-3-4-14-9(17)6-1-2-6/h5-6H,1-4,12H2,(H,14,17)(H,13,15,16). The zero-order valence-corrected chi connectivity index (χ0v) is 10.00. The zero-order chi connectivity index (χ0) is 12.3. The van der Waals surface area contributed by atoms with Crippen molar-refractivity contribution in [2.45, 2.75) is 12.8 Å². The van der Waals surface area contributed by atoms with Crippen LogP contribution in [0.3, 0.4) is 0 Å². The smallest absolute Gasteiger partial charge is 0.224 e. The first kappa shape index (κ1) is 11.9. The van der Waals surface area contributed by atoms with Crippen LogP contribution in [0.1, 0.15) is 12.8 Å². The van der Waals surface area contributed by atoms with Crippen molar-refractivity contribution in [2.24, 2.45) is 5.92 Å². The number of hydrogen-bond donors (Lipinski definition) is 3. The molecular weight excluding hydrogens is 242 g/mol. The van der Waals surface area contributed by atoms with Gasteiger partial charge >= 0.3 is 0 Å². The summed E-state index contributed by atoms with van der Waals surface area (Å²) < 4.78 is 0. The molecule has 1 fully saturated rings. The van der Waals surface area contributed by atoms with Gasteiger partial charge in [-0.15, -0.1) is 0 Å². The molecule has 0 radical (unpaired) electrons. The van der Waals surface area contributed by atoms with Gasteiger partial charge in [-0.2, -0.15) is 4.98 Å². The Balaban J connectivity index is 1.73. The van der Waals surface area contributed by atoms with E-state index in [2.05, 4.69) is 20.6 Å². The lowest BCUT2D eigenvalue weighted by Gasteiger charge is -2.08. The molecule has 92 valence electrons.